The number of thioether (sulfide) groups is 1. The van der Waals surface area contributed by atoms with Gasteiger partial charge in [-0.2, -0.15) is 0 Å². The van der Waals surface area contributed by atoms with Crippen molar-refractivity contribution >= 4 is 23.6 Å². The van der Waals surface area contributed by atoms with Crippen LogP contribution in [0, 0.1) is 12.8 Å². The topological polar surface area (TPSA) is 62.3 Å². The Morgan fingerprint density at radius 1 is 1.35 bits per heavy atom. The lowest BCUT2D eigenvalue weighted by Gasteiger charge is -2.25. The van der Waals surface area contributed by atoms with E-state index in [0.717, 1.165) is 36.9 Å². The van der Waals surface area contributed by atoms with Crippen molar-refractivity contribution in [2.24, 2.45) is 5.92 Å². The van der Waals surface area contributed by atoms with Gasteiger partial charge in [-0.05, 0) is 31.4 Å². The van der Waals surface area contributed by atoms with Gasteiger partial charge in [0.25, 0.3) is 0 Å². The van der Waals surface area contributed by atoms with E-state index in [1.165, 1.54) is 0 Å². The molecule has 1 aliphatic heterocycles. The van der Waals surface area contributed by atoms with Gasteiger partial charge in [0.05, 0.1) is 5.88 Å². The summed E-state index contributed by atoms with van der Waals surface area (Å²) in [4.78, 5) is 31.1. The van der Waals surface area contributed by atoms with Gasteiger partial charge in [-0.3, -0.25) is 14.6 Å². The van der Waals surface area contributed by atoms with Crippen LogP contribution in [0.2, 0.25) is 0 Å². The second kappa shape index (κ2) is 7.34. The van der Waals surface area contributed by atoms with Gasteiger partial charge >= 0.3 is 0 Å². The van der Waals surface area contributed by atoms with Gasteiger partial charge in [-0.15, -0.1) is 11.8 Å². The van der Waals surface area contributed by atoms with Crippen LogP contribution in [0.4, 0.5) is 0 Å². The zero-order valence-corrected chi connectivity index (χ0v) is 14.3. The lowest BCUT2D eigenvalue weighted by molar-refractivity contribution is -0.141. The number of amides is 2. The summed E-state index contributed by atoms with van der Waals surface area (Å²) in [6.07, 6.45) is 6.00. The number of pyridine rings is 1. The maximum Gasteiger partial charge on any atom is 0.243 e. The van der Waals surface area contributed by atoms with Crippen LogP contribution < -0.4 is 5.32 Å². The van der Waals surface area contributed by atoms with Gasteiger partial charge < -0.3 is 10.2 Å². The Morgan fingerprint density at radius 2 is 2.13 bits per heavy atom. The summed E-state index contributed by atoms with van der Waals surface area (Å²) < 4.78 is 0. The minimum absolute atomic E-state index is 0.0538. The van der Waals surface area contributed by atoms with Crippen molar-refractivity contribution in [3.8, 4) is 0 Å². The number of nitrogens with one attached hydrogen (secondary N) is 1. The maximum absolute atomic E-state index is 12.6. The average molecular weight is 333 g/mol. The largest absolute Gasteiger partial charge is 0.350 e. The molecule has 1 aromatic heterocycles. The Balaban J connectivity index is 1.57. The highest BCUT2D eigenvalue weighted by Crippen LogP contribution is 2.30. The van der Waals surface area contributed by atoms with E-state index in [9.17, 15) is 9.59 Å². The molecular weight excluding hydrogens is 310 g/mol. The first-order chi connectivity index (χ1) is 11.1. The minimum atomic E-state index is -0.327. The molecule has 1 aromatic rings. The summed E-state index contributed by atoms with van der Waals surface area (Å²) in [5.41, 5.74) is 1.93. The van der Waals surface area contributed by atoms with Crippen LogP contribution >= 0.6 is 11.8 Å². The molecule has 0 bridgehead atoms. The van der Waals surface area contributed by atoms with E-state index >= 15 is 0 Å². The van der Waals surface area contributed by atoms with Crippen LogP contribution in [0.1, 0.15) is 36.9 Å². The van der Waals surface area contributed by atoms with Crippen molar-refractivity contribution in [3.05, 3.63) is 29.6 Å². The molecule has 1 saturated carbocycles. The van der Waals surface area contributed by atoms with Crippen molar-refractivity contribution < 1.29 is 9.59 Å². The molecule has 1 saturated heterocycles. The fourth-order valence-electron chi connectivity index (χ4n) is 3.19. The van der Waals surface area contributed by atoms with E-state index in [4.69, 9.17) is 0 Å². The van der Waals surface area contributed by atoms with Crippen molar-refractivity contribution in [1.29, 1.82) is 0 Å². The molecule has 2 amide bonds. The number of aryl methyl sites for hydroxylation is 1. The third kappa shape index (κ3) is 3.86. The Labute approximate surface area is 141 Å². The summed E-state index contributed by atoms with van der Waals surface area (Å²) in [7, 11) is 0. The van der Waals surface area contributed by atoms with Crippen molar-refractivity contribution in [1.82, 2.24) is 15.2 Å². The number of hydrogen-bond donors (Lipinski definition) is 1. The molecule has 0 unspecified atom stereocenters. The van der Waals surface area contributed by atoms with Crippen LogP contribution in [-0.4, -0.2) is 39.4 Å². The molecule has 2 aliphatic rings. The van der Waals surface area contributed by atoms with Gasteiger partial charge in [0, 0.05) is 30.1 Å². The van der Waals surface area contributed by atoms with Gasteiger partial charge in [0.1, 0.15) is 6.04 Å². The number of hydrogen-bond acceptors (Lipinski definition) is 4. The fraction of sp³-hybridized carbons (Fsp3) is 0.588. The van der Waals surface area contributed by atoms with E-state index in [2.05, 4.69) is 10.3 Å². The highest BCUT2D eigenvalue weighted by molar-refractivity contribution is 7.99. The van der Waals surface area contributed by atoms with Crippen LogP contribution in [0.25, 0.3) is 0 Å². The molecule has 1 atom stereocenters. The Hall–Kier alpha value is -1.56. The first-order valence-electron chi connectivity index (χ1n) is 8.22. The Morgan fingerprint density at radius 3 is 2.83 bits per heavy atom. The third-order valence-corrected chi connectivity index (χ3v) is 5.62. The number of nitrogens with zero attached hydrogens (tertiary/aromatic N) is 2. The van der Waals surface area contributed by atoms with Crippen molar-refractivity contribution in [2.45, 2.75) is 45.2 Å². The normalized spacial score (nSPS) is 21.6. The predicted octanol–water partition coefficient (Wildman–Crippen LogP) is 2.10. The maximum atomic E-state index is 12.6. The molecule has 23 heavy (non-hydrogen) atoms. The Bertz CT molecular complexity index is 570. The van der Waals surface area contributed by atoms with Gasteiger partial charge in [-0.1, -0.05) is 18.9 Å². The number of carbonyl (C=O) groups is 2. The van der Waals surface area contributed by atoms with Gasteiger partial charge in [0.2, 0.25) is 11.8 Å². The number of aromatic nitrogens is 1. The molecule has 1 N–H and O–H groups in total. The molecule has 0 radical (unpaired) electrons. The van der Waals surface area contributed by atoms with Crippen molar-refractivity contribution in [2.75, 3.05) is 11.6 Å². The van der Waals surface area contributed by atoms with Crippen LogP contribution in [0.15, 0.2) is 18.3 Å². The van der Waals surface area contributed by atoms with E-state index in [0.29, 0.717) is 18.2 Å². The lowest BCUT2D eigenvalue weighted by Crippen LogP contribution is -2.48. The van der Waals surface area contributed by atoms with Gasteiger partial charge in [-0.25, -0.2) is 0 Å². The van der Waals surface area contributed by atoms with Crippen molar-refractivity contribution in [3.63, 3.8) is 0 Å². The molecule has 3 rings (SSSR count). The molecular formula is C17H23N3O2S. The summed E-state index contributed by atoms with van der Waals surface area (Å²) in [6, 6.07) is 3.57. The zero-order chi connectivity index (χ0) is 16.2. The molecule has 124 valence electrons. The smallest absolute Gasteiger partial charge is 0.243 e. The molecule has 2 fully saturated rings. The predicted molar refractivity (Wildman–Crippen MR) is 90.7 cm³/mol. The molecule has 2 heterocycles. The molecule has 6 heteroatoms. The monoisotopic (exact) mass is 333 g/mol. The standard InChI is InChI=1S/C17H23N3O2S/c1-12-6-7-13(8-18-12)9-19-16(21)15-10-23-11-20(15)17(22)14-4-2-3-5-14/h6-8,14-15H,2-5,9-11H2,1H3,(H,19,21)/t15-/m1/s1. The van der Waals surface area contributed by atoms with Crippen LogP contribution in [0.5, 0.6) is 0 Å². The summed E-state index contributed by atoms with van der Waals surface area (Å²) in [6.45, 7) is 2.39. The number of rotatable bonds is 4. The number of carbonyl (C=O) groups excluding carboxylic acids is 2. The second-order valence-electron chi connectivity index (χ2n) is 6.33. The van der Waals surface area contributed by atoms with Crippen LogP contribution in [0.3, 0.4) is 0 Å². The molecule has 0 spiro atoms. The Kier molecular flexibility index (Phi) is 5.20. The summed E-state index contributed by atoms with van der Waals surface area (Å²) in [5.74, 6) is 1.58. The first kappa shape index (κ1) is 16.3. The first-order valence-corrected chi connectivity index (χ1v) is 9.38. The van der Waals surface area contributed by atoms with E-state index < -0.39 is 0 Å². The highest BCUT2D eigenvalue weighted by atomic mass is 32.2. The molecule has 0 aromatic carbocycles. The zero-order valence-electron chi connectivity index (χ0n) is 13.5. The third-order valence-electron chi connectivity index (χ3n) is 4.61. The fourth-order valence-corrected chi connectivity index (χ4v) is 4.36. The average Bonchev–Trinajstić information content (AvgIpc) is 3.24. The second-order valence-corrected chi connectivity index (χ2v) is 7.33. The molecule has 1 aliphatic carbocycles. The quantitative estimate of drug-likeness (QED) is 0.916. The van der Waals surface area contributed by atoms with Crippen LogP contribution in [-0.2, 0) is 16.1 Å². The summed E-state index contributed by atoms with van der Waals surface area (Å²) >= 11 is 1.66. The van der Waals surface area contributed by atoms with E-state index in [1.54, 1.807) is 22.9 Å². The lowest BCUT2D eigenvalue weighted by atomic mass is 10.1. The SMILES string of the molecule is Cc1ccc(CNC(=O)[C@H]2CSCN2C(=O)C2CCCC2)cn1. The van der Waals surface area contributed by atoms with E-state index in [1.807, 2.05) is 19.1 Å². The van der Waals surface area contributed by atoms with E-state index in [-0.39, 0.29) is 23.8 Å². The molecule has 5 nitrogen and oxygen atoms in total. The summed E-state index contributed by atoms with van der Waals surface area (Å²) in [5, 5.41) is 2.95. The minimum Gasteiger partial charge on any atom is -0.350 e. The van der Waals surface area contributed by atoms with Gasteiger partial charge in [0.15, 0.2) is 0 Å². The highest BCUT2D eigenvalue weighted by Gasteiger charge is 2.38.